The molecule has 86 valence electrons. The zero-order chi connectivity index (χ0) is 10.9. The van der Waals surface area contributed by atoms with Crippen LogP contribution in [0.5, 0.6) is 0 Å². The first-order chi connectivity index (χ1) is 6.45. The molecule has 1 nitrogen and oxygen atoms in total. The van der Waals surface area contributed by atoms with Crippen LogP contribution in [0.15, 0.2) is 12.1 Å². The predicted molar refractivity (Wildman–Crippen MR) is 51.5 cm³/mol. The van der Waals surface area contributed by atoms with E-state index in [-0.39, 0.29) is 12.4 Å². The zero-order valence-corrected chi connectivity index (χ0v) is 8.76. The Bertz CT molecular complexity index is 346. The first-order valence-electron chi connectivity index (χ1n) is 3.62. The van der Waals surface area contributed by atoms with E-state index in [4.69, 9.17) is 17.3 Å². The second-order valence-corrected chi connectivity index (χ2v) is 3.00. The highest BCUT2D eigenvalue weighted by Crippen LogP contribution is 2.30. The van der Waals surface area contributed by atoms with Gasteiger partial charge in [0, 0.05) is 5.56 Å². The Balaban J connectivity index is 0.00000196. The lowest BCUT2D eigenvalue weighted by atomic mass is 10.1. The van der Waals surface area contributed by atoms with Gasteiger partial charge in [-0.05, 0) is 12.1 Å². The summed E-state index contributed by atoms with van der Waals surface area (Å²) in [4.78, 5) is 0. The van der Waals surface area contributed by atoms with E-state index >= 15 is 0 Å². The summed E-state index contributed by atoms with van der Waals surface area (Å²) in [5.41, 5.74) is 4.27. The molecule has 0 heterocycles. The van der Waals surface area contributed by atoms with E-state index in [1.54, 1.807) is 0 Å². The summed E-state index contributed by atoms with van der Waals surface area (Å²) in [7, 11) is 0. The fourth-order valence-electron chi connectivity index (χ4n) is 0.974. The molecule has 0 radical (unpaired) electrons. The largest absolute Gasteiger partial charge is 0.319 e. The molecule has 15 heavy (non-hydrogen) atoms. The van der Waals surface area contributed by atoms with Crippen molar-refractivity contribution in [2.75, 3.05) is 0 Å². The number of benzene rings is 1. The molecule has 0 unspecified atom stereocenters. The minimum Gasteiger partial charge on any atom is -0.319 e. The summed E-state index contributed by atoms with van der Waals surface area (Å²) in [5, 5.41) is -0.696. The third-order valence-corrected chi connectivity index (χ3v) is 2.07. The monoisotopic (exact) mass is 263 g/mol. The quantitative estimate of drug-likeness (QED) is 0.643. The third kappa shape index (κ3) is 2.96. The van der Waals surface area contributed by atoms with Crippen LogP contribution in [0.1, 0.15) is 11.6 Å². The Kier molecular flexibility index (Phi) is 5.34. The lowest BCUT2D eigenvalue weighted by molar-refractivity contribution is 0.114. The van der Waals surface area contributed by atoms with Gasteiger partial charge in [-0.25, -0.2) is 17.6 Å². The smallest absolute Gasteiger partial charge is 0.257 e. The van der Waals surface area contributed by atoms with Crippen molar-refractivity contribution in [1.82, 2.24) is 0 Å². The summed E-state index contributed by atoms with van der Waals surface area (Å²) in [6, 6.07) is -0.462. The average molecular weight is 264 g/mol. The summed E-state index contributed by atoms with van der Waals surface area (Å²) < 4.78 is 50.0. The van der Waals surface area contributed by atoms with Gasteiger partial charge in [-0.2, -0.15) is 0 Å². The molecule has 0 bridgehead atoms. The highest BCUT2D eigenvalue weighted by molar-refractivity contribution is 6.31. The third-order valence-electron chi connectivity index (χ3n) is 1.68. The van der Waals surface area contributed by atoms with Crippen molar-refractivity contribution in [3.63, 3.8) is 0 Å². The van der Waals surface area contributed by atoms with Gasteiger partial charge in [-0.3, -0.25) is 0 Å². The summed E-state index contributed by atoms with van der Waals surface area (Å²) in [5.74, 6) is -2.01. The van der Waals surface area contributed by atoms with Crippen LogP contribution >= 0.6 is 24.0 Å². The molecule has 1 aromatic rings. The molecule has 2 N–H and O–H groups in total. The number of hydrogen-bond acceptors (Lipinski definition) is 1. The van der Waals surface area contributed by atoms with Gasteiger partial charge in [0.1, 0.15) is 11.6 Å². The zero-order valence-electron chi connectivity index (χ0n) is 7.18. The van der Waals surface area contributed by atoms with Gasteiger partial charge in [0.15, 0.2) is 0 Å². The van der Waals surface area contributed by atoms with Crippen molar-refractivity contribution in [3.8, 4) is 0 Å². The average Bonchev–Trinajstić information content (AvgIpc) is 2.12. The van der Waals surface area contributed by atoms with Crippen LogP contribution in [0.4, 0.5) is 17.6 Å². The van der Waals surface area contributed by atoms with E-state index in [0.717, 1.165) is 6.07 Å². The number of rotatable bonds is 2. The second kappa shape index (κ2) is 5.53. The molecule has 0 aromatic heterocycles. The summed E-state index contributed by atoms with van der Waals surface area (Å²) >= 11 is 5.31. The summed E-state index contributed by atoms with van der Waals surface area (Å²) in [6.07, 6.45) is -3.00. The lowest BCUT2D eigenvalue weighted by Gasteiger charge is -2.13. The van der Waals surface area contributed by atoms with Gasteiger partial charge >= 0.3 is 0 Å². The molecule has 1 atom stereocenters. The van der Waals surface area contributed by atoms with Crippen LogP contribution < -0.4 is 5.73 Å². The van der Waals surface area contributed by atoms with E-state index in [9.17, 15) is 17.6 Å². The number of nitrogens with two attached hydrogens (primary N) is 1. The molecule has 7 heteroatoms. The standard InChI is InChI=1S/C8H6ClF4N.ClH/c9-6-4(11)2-1-3(10)5(6)7(14)8(12)13;/h1-2,7-8H,14H2;1H/t7-;/m0./s1. The van der Waals surface area contributed by atoms with E-state index in [2.05, 4.69) is 0 Å². The second-order valence-electron chi connectivity index (χ2n) is 2.62. The van der Waals surface area contributed by atoms with Crippen molar-refractivity contribution in [3.05, 3.63) is 34.4 Å². The van der Waals surface area contributed by atoms with Crippen molar-refractivity contribution in [2.24, 2.45) is 5.73 Å². The Morgan fingerprint density at radius 3 is 2.07 bits per heavy atom. The Hall–Kier alpha value is -0.520. The summed E-state index contributed by atoms with van der Waals surface area (Å²) in [6.45, 7) is 0. The van der Waals surface area contributed by atoms with E-state index < -0.39 is 34.7 Å². The van der Waals surface area contributed by atoms with Gasteiger partial charge in [0.25, 0.3) is 6.43 Å². The van der Waals surface area contributed by atoms with Crippen LogP contribution in [-0.4, -0.2) is 6.43 Å². The molecular weight excluding hydrogens is 257 g/mol. The topological polar surface area (TPSA) is 26.0 Å². The number of halogens is 6. The minimum absolute atomic E-state index is 0. The van der Waals surface area contributed by atoms with Crippen LogP contribution in [0, 0.1) is 11.6 Å². The van der Waals surface area contributed by atoms with E-state index in [1.165, 1.54) is 0 Å². The molecule has 1 rings (SSSR count). The molecule has 0 saturated heterocycles. The highest BCUT2D eigenvalue weighted by atomic mass is 35.5. The van der Waals surface area contributed by atoms with Gasteiger partial charge < -0.3 is 5.73 Å². The van der Waals surface area contributed by atoms with Crippen molar-refractivity contribution in [1.29, 1.82) is 0 Å². The normalized spacial score (nSPS) is 12.5. The Morgan fingerprint density at radius 2 is 1.60 bits per heavy atom. The van der Waals surface area contributed by atoms with Gasteiger partial charge in [-0.1, -0.05) is 11.6 Å². The van der Waals surface area contributed by atoms with Crippen LogP contribution in [0.3, 0.4) is 0 Å². The van der Waals surface area contributed by atoms with E-state index in [0.29, 0.717) is 6.07 Å². The highest BCUT2D eigenvalue weighted by Gasteiger charge is 2.25. The molecular formula is C8H7Cl2F4N. The molecule has 0 spiro atoms. The maximum absolute atomic E-state index is 13.0. The van der Waals surface area contributed by atoms with Crippen molar-refractivity contribution < 1.29 is 17.6 Å². The van der Waals surface area contributed by atoms with Crippen molar-refractivity contribution >= 4 is 24.0 Å². The minimum atomic E-state index is -3.00. The maximum Gasteiger partial charge on any atom is 0.257 e. The fourth-order valence-corrected chi connectivity index (χ4v) is 1.25. The van der Waals surface area contributed by atoms with Crippen LogP contribution in [0.2, 0.25) is 5.02 Å². The Morgan fingerprint density at radius 1 is 1.13 bits per heavy atom. The van der Waals surface area contributed by atoms with Crippen LogP contribution in [0.25, 0.3) is 0 Å². The van der Waals surface area contributed by atoms with Gasteiger partial charge in [-0.15, -0.1) is 12.4 Å². The number of alkyl halides is 2. The molecule has 0 saturated carbocycles. The SMILES string of the molecule is Cl.N[C@@H](c1c(F)ccc(F)c1Cl)C(F)F. The molecule has 0 fully saturated rings. The van der Waals surface area contributed by atoms with Crippen molar-refractivity contribution in [2.45, 2.75) is 12.5 Å². The fraction of sp³-hybridized carbons (Fsp3) is 0.250. The Labute approximate surface area is 94.6 Å². The molecule has 1 aromatic carbocycles. The van der Waals surface area contributed by atoms with Gasteiger partial charge in [0.2, 0.25) is 0 Å². The number of hydrogen-bond donors (Lipinski definition) is 1. The molecule has 0 aliphatic carbocycles. The van der Waals surface area contributed by atoms with E-state index in [1.807, 2.05) is 0 Å². The predicted octanol–water partition coefficient (Wildman–Crippen LogP) is 3.30. The first kappa shape index (κ1) is 14.5. The van der Waals surface area contributed by atoms with Crippen LogP contribution in [-0.2, 0) is 0 Å². The molecule has 0 amide bonds. The first-order valence-corrected chi connectivity index (χ1v) is 4.00. The molecule has 0 aliphatic heterocycles. The molecule has 0 aliphatic rings. The maximum atomic E-state index is 13.0. The van der Waals surface area contributed by atoms with Gasteiger partial charge in [0.05, 0.1) is 11.1 Å². The lowest BCUT2D eigenvalue weighted by Crippen LogP contribution is -2.21.